The summed E-state index contributed by atoms with van der Waals surface area (Å²) in [5.41, 5.74) is 0.620. The lowest BCUT2D eigenvalue weighted by atomic mass is 9.79. The quantitative estimate of drug-likeness (QED) is 0.501. The van der Waals surface area contributed by atoms with Crippen molar-refractivity contribution in [3.05, 3.63) is 0 Å². The predicted octanol–water partition coefficient (Wildman–Crippen LogP) is 0.975. The maximum Gasteiger partial charge on any atom is 0.0569 e. The summed E-state index contributed by atoms with van der Waals surface area (Å²) in [5.74, 6) is 0. The van der Waals surface area contributed by atoms with Crippen LogP contribution in [0.2, 0.25) is 0 Å². The van der Waals surface area contributed by atoms with Crippen LogP contribution in [-0.4, -0.2) is 38.3 Å². The third-order valence-corrected chi connectivity index (χ3v) is 2.03. The molecule has 0 N–H and O–H groups in total. The summed E-state index contributed by atoms with van der Waals surface area (Å²) in [6.07, 6.45) is 0. The fourth-order valence-corrected chi connectivity index (χ4v) is 1.67. The van der Waals surface area contributed by atoms with Crippen LogP contribution < -0.4 is 0 Å². The minimum absolute atomic E-state index is 0.620. The second-order valence-corrected chi connectivity index (χ2v) is 3.17. The predicted molar refractivity (Wildman–Crippen MR) is 42.1 cm³/mol. The van der Waals surface area contributed by atoms with Crippen LogP contribution in [0.4, 0.5) is 0 Å². The van der Waals surface area contributed by atoms with Crippen LogP contribution in [0.1, 0.15) is 13.8 Å². The van der Waals surface area contributed by atoms with Crippen molar-refractivity contribution >= 4 is 0 Å². The molecule has 0 aromatic carbocycles. The number of rotatable bonds is 0. The van der Waals surface area contributed by atoms with Crippen LogP contribution in [0.3, 0.4) is 0 Å². The van der Waals surface area contributed by atoms with Gasteiger partial charge in [0.25, 0.3) is 0 Å². The fraction of sp³-hybridized carbons (Fsp3) is 1.00. The van der Waals surface area contributed by atoms with Crippen molar-refractivity contribution in [1.29, 1.82) is 0 Å². The zero-order chi connectivity index (χ0) is 7.61. The standard InChI is InChI=1S/C6H11NO.C2H6/c1-7-2-6(3-7)4-8-5-6;1-2/h2-5H2,1H3;1-2H3. The molecular weight excluding hydrogens is 126 g/mol. The van der Waals surface area contributed by atoms with Crippen LogP contribution in [0.5, 0.6) is 0 Å². The van der Waals surface area contributed by atoms with E-state index in [1.807, 2.05) is 13.8 Å². The van der Waals surface area contributed by atoms with E-state index in [0.29, 0.717) is 5.41 Å². The Balaban J connectivity index is 0.000000231. The average molecular weight is 143 g/mol. The first kappa shape index (κ1) is 8.02. The summed E-state index contributed by atoms with van der Waals surface area (Å²) in [4.78, 5) is 2.34. The molecule has 2 aliphatic rings. The van der Waals surface area contributed by atoms with E-state index < -0.39 is 0 Å². The Labute approximate surface area is 63.2 Å². The van der Waals surface area contributed by atoms with Crippen molar-refractivity contribution in [2.24, 2.45) is 5.41 Å². The number of hydrogen-bond donors (Lipinski definition) is 0. The number of likely N-dealkylation sites (tertiary alicyclic amines) is 1. The molecule has 2 heterocycles. The highest BCUT2D eigenvalue weighted by molar-refractivity contribution is 4.97. The van der Waals surface area contributed by atoms with E-state index in [-0.39, 0.29) is 0 Å². The van der Waals surface area contributed by atoms with Gasteiger partial charge in [0.1, 0.15) is 0 Å². The normalized spacial score (nSPS) is 27.9. The average Bonchev–Trinajstić information content (AvgIpc) is 1.82. The zero-order valence-electron chi connectivity index (χ0n) is 7.18. The number of hydrogen-bond acceptors (Lipinski definition) is 2. The lowest BCUT2D eigenvalue weighted by Crippen LogP contribution is -2.64. The Morgan fingerprint density at radius 2 is 1.70 bits per heavy atom. The summed E-state index contributed by atoms with van der Waals surface area (Å²) in [7, 11) is 2.16. The molecule has 0 aromatic rings. The van der Waals surface area contributed by atoms with Gasteiger partial charge in [0.05, 0.1) is 13.2 Å². The molecule has 2 saturated heterocycles. The molecular formula is C8H17NO. The molecule has 0 aliphatic carbocycles. The van der Waals surface area contributed by atoms with E-state index in [1.165, 1.54) is 13.1 Å². The summed E-state index contributed by atoms with van der Waals surface area (Å²) in [6.45, 7) is 8.54. The smallest absolute Gasteiger partial charge is 0.0569 e. The Morgan fingerprint density at radius 3 is 1.80 bits per heavy atom. The highest BCUT2D eigenvalue weighted by Gasteiger charge is 2.47. The highest BCUT2D eigenvalue weighted by Crippen LogP contribution is 2.35. The van der Waals surface area contributed by atoms with Crippen molar-refractivity contribution in [3.63, 3.8) is 0 Å². The zero-order valence-corrected chi connectivity index (χ0v) is 7.18. The Hall–Kier alpha value is -0.0800. The van der Waals surface area contributed by atoms with Crippen LogP contribution >= 0.6 is 0 Å². The first-order valence-electron chi connectivity index (χ1n) is 4.07. The monoisotopic (exact) mass is 143 g/mol. The van der Waals surface area contributed by atoms with Crippen LogP contribution in [0, 0.1) is 5.41 Å². The van der Waals surface area contributed by atoms with E-state index >= 15 is 0 Å². The van der Waals surface area contributed by atoms with Gasteiger partial charge >= 0.3 is 0 Å². The van der Waals surface area contributed by atoms with Crippen molar-refractivity contribution in [3.8, 4) is 0 Å². The Kier molecular flexibility index (Phi) is 2.32. The molecule has 0 radical (unpaired) electrons. The van der Waals surface area contributed by atoms with E-state index in [1.54, 1.807) is 0 Å². The van der Waals surface area contributed by atoms with Gasteiger partial charge in [-0.25, -0.2) is 0 Å². The molecule has 2 aliphatic heterocycles. The van der Waals surface area contributed by atoms with Gasteiger partial charge in [-0.05, 0) is 7.05 Å². The molecule has 1 spiro atoms. The molecule has 0 saturated carbocycles. The highest BCUT2D eigenvalue weighted by atomic mass is 16.5. The van der Waals surface area contributed by atoms with Crippen molar-refractivity contribution in [2.75, 3.05) is 33.4 Å². The fourth-order valence-electron chi connectivity index (χ4n) is 1.67. The van der Waals surface area contributed by atoms with Crippen LogP contribution in [0.15, 0.2) is 0 Å². The lowest BCUT2D eigenvalue weighted by Gasteiger charge is -2.53. The maximum atomic E-state index is 5.10. The second kappa shape index (κ2) is 2.89. The molecule has 0 atom stereocenters. The van der Waals surface area contributed by atoms with Gasteiger partial charge in [-0.2, -0.15) is 0 Å². The SMILES string of the molecule is CC.CN1CC2(COC2)C1. The van der Waals surface area contributed by atoms with Crippen molar-refractivity contribution in [2.45, 2.75) is 13.8 Å². The first-order chi connectivity index (χ1) is 4.81. The molecule has 60 valence electrons. The van der Waals surface area contributed by atoms with E-state index in [9.17, 15) is 0 Å². The molecule has 2 fully saturated rings. The molecule has 0 amide bonds. The van der Waals surface area contributed by atoms with E-state index in [2.05, 4.69) is 11.9 Å². The molecule has 2 rings (SSSR count). The molecule has 0 bridgehead atoms. The third kappa shape index (κ3) is 1.18. The summed E-state index contributed by atoms with van der Waals surface area (Å²) < 4.78 is 5.10. The largest absolute Gasteiger partial charge is 0.380 e. The molecule has 0 unspecified atom stereocenters. The molecule has 10 heavy (non-hydrogen) atoms. The molecule has 0 aromatic heterocycles. The Morgan fingerprint density at radius 1 is 1.20 bits per heavy atom. The van der Waals surface area contributed by atoms with Crippen molar-refractivity contribution < 1.29 is 4.74 Å². The van der Waals surface area contributed by atoms with Gasteiger partial charge in [-0.15, -0.1) is 0 Å². The first-order valence-corrected chi connectivity index (χ1v) is 4.07. The van der Waals surface area contributed by atoms with Gasteiger partial charge in [-0.1, -0.05) is 13.8 Å². The maximum absolute atomic E-state index is 5.10. The molecule has 2 nitrogen and oxygen atoms in total. The van der Waals surface area contributed by atoms with Gasteiger partial charge in [0, 0.05) is 18.5 Å². The number of ether oxygens (including phenoxy) is 1. The van der Waals surface area contributed by atoms with Crippen molar-refractivity contribution in [1.82, 2.24) is 4.90 Å². The second-order valence-electron chi connectivity index (χ2n) is 3.17. The Bertz CT molecular complexity index is 102. The summed E-state index contributed by atoms with van der Waals surface area (Å²) >= 11 is 0. The van der Waals surface area contributed by atoms with Gasteiger partial charge in [0.15, 0.2) is 0 Å². The van der Waals surface area contributed by atoms with Gasteiger partial charge in [0.2, 0.25) is 0 Å². The topological polar surface area (TPSA) is 12.5 Å². The minimum atomic E-state index is 0.620. The molecule has 2 heteroatoms. The number of nitrogens with zero attached hydrogens (tertiary/aromatic N) is 1. The minimum Gasteiger partial charge on any atom is -0.380 e. The van der Waals surface area contributed by atoms with Gasteiger partial charge < -0.3 is 9.64 Å². The summed E-state index contributed by atoms with van der Waals surface area (Å²) in [6, 6.07) is 0. The summed E-state index contributed by atoms with van der Waals surface area (Å²) in [5, 5.41) is 0. The lowest BCUT2D eigenvalue weighted by molar-refractivity contribution is -0.182. The van der Waals surface area contributed by atoms with Crippen LogP contribution in [0.25, 0.3) is 0 Å². The van der Waals surface area contributed by atoms with E-state index in [0.717, 1.165) is 13.2 Å². The third-order valence-electron chi connectivity index (χ3n) is 2.03. The van der Waals surface area contributed by atoms with Gasteiger partial charge in [-0.3, -0.25) is 0 Å². The van der Waals surface area contributed by atoms with Crippen LogP contribution in [-0.2, 0) is 4.74 Å². The van der Waals surface area contributed by atoms with E-state index in [4.69, 9.17) is 4.74 Å².